The van der Waals surface area contributed by atoms with Gasteiger partial charge in [0.25, 0.3) is 0 Å². The Hall–Kier alpha value is -0.630. The van der Waals surface area contributed by atoms with Crippen LogP contribution in [0.25, 0.3) is 6.08 Å². The highest BCUT2D eigenvalue weighted by atomic mass is 79.9. The molecule has 0 bridgehead atoms. The summed E-state index contributed by atoms with van der Waals surface area (Å²) in [5.74, 6) is -0.196. The van der Waals surface area contributed by atoms with Crippen LogP contribution in [0.2, 0.25) is 0 Å². The van der Waals surface area contributed by atoms with Crippen LogP contribution in [-0.4, -0.2) is 0 Å². The average molecular weight is 201 g/mol. The van der Waals surface area contributed by atoms with E-state index in [-0.39, 0.29) is 5.82 Å². The fraction of sp³-hybridized carbons (Fsp3) is 0. The minimum Gasteiger partial charge on any atom is -0.206 e. The molecule has 0 saturated heterocycles. The second kappa shape index (κ2) is 3.52. The molecule has 2 heteroatoms. The summed E-state index contributed by atoms with van der Waals surface area (Å²) in [6.45, 7) is 0. The van der Waals surface area contributed by atoms with E-state index in [2.05, 4.69) is 15.9 Å². The molecule has 0 aromatic heterocycles. The van der Waals surface area contributed by atoms with Crippen LogP contribution in [0.3, 0.4) is 0 Å². The van der Waals surface area contributed by atoms with Crippen LogP contribution >= 0.6 is 15.9 Å². The van der Waals surface area contributed by atoms with E-state index in [1.165, 1.54) is 6.07 Å². The summed E-state index contributed by atoms with van der Waals surface area (Å²) in [5.41, 5.74) is 0.597. The van der Waals surface area contributed by atoms with Crippen molar-refractivity contribution in [2.75, 3.05) is 0 Å². The van der Waals surface area contributed by atoms with Crippen molar-refractivity contribution in [1.29, 1.82) is 0 Å². The Morgan fingerprint density at radius 3 is 2.60 bits per heavy atom. The van der Waals surface area contributed by atoms with Gasteiger partial charge < -0.3 is 0 Å². The highest BCUT2D eigenvalue weighted by molar-refractivity contribution is 9.11. The molecular weight excluding hydrogens is 195 g/mol. The van der Waals surface area contributed by atoms with Gasteiger partial charge in [0.1, 0.15) is 5.82 Å². The molecule has 0 amide bonds. The van der Waals surface area contributed by atoms with Gasteiger partial charge in [0.2, 0.25) is 0 Å². The SMILES string of the molecule is Fc1ccccc1/C=C\Br. The van der Waals surface area contributed by atoms with Gasteiger partial charge in [0.15, 0.2) is 0 Å². The number of hydrogen-bond acceptors (Lipinski definition) is 0. The van der Waals surface area contributed by atoms with Crippen molar-refractivity contribution in [3.63, 3.8) is 0 Å². The fourth-order valence-corrected chi connectivity index (χ4v) is 0.963. The molecular formula is C8H6BrF. The molecule has 1 aromatic carbocycles. The molecule has 1 rings (SSSR count). The normalized spacial score (nSPS) is 10.6. The summed E-state index contributed by atoms with van der Waals surface area (Å²) in [5, 5.41) is 0. The average Bonchev–Trinajstić information content (AvgIpc) is 1.94. The molecule has 0 aliphatic rings. The maximum atomic E-state index is 12.7. The fourth-order valence-electron chi connectivity index (χ4n) is 0.678. The second-order valence-corrected chi connectivity index (χ2v) is 2.34. The predicted octanol–water partition coefficient (Wildman–Crippen LogP) is 3.19. The van der Waals surface area contributed by atoms with Gasteiger partial charge in [0, 0.05) is 5.56 Å². The number of hydrogen-bond donors (Lipinski definition) is 0. The quantitative estimate of drug-likeness (QED) is 0.654. The van der Waals surface area contributed by atoms with Gasteiger partial charge >= 0.3 is 0 Å². The summed E-state index contributed by atoms with van der Waals surface area (Å²) in [4.78, 5) is 1.63. The minimum absolute atomic E-state index is 0.196. The van der Waals surface area contributed by atoms with Crippen molar-refractivity contribution in [1.82, 2.24) is 0 Å². The van der Waals surface area contributed by atoms with Crippen LogP contribution < -0.4 is 0 Å². The first kappa shape index (κ1) is 7.48. The van der Waals surface area contributed by atoms with Crippen LogP contribution in [0.5, 0.6) is 0 Å². The predicted molar refractivity (Wildman–Crippen MR) is 44.4 cm³/mol. The standard InChI is InChI=1S/C8H6BrF/c9-6-5-7-3-1-2-4-8(7)10/h1-6H/b6-5-. The Bertz CT molecular complexity index is 243. The monoisotopic (exact) mass is 200 g/mol. The topological polar surface area (TPSA) is 0 Å². The van der Waals surface area contributed by atoms with E-state index in [9.17, 15) is 4.39 Å². The van der Waals surface area contributed by atoms with E-state index in [4.69, 9.17) is 0 Å². The number of halogens is 2. The highest BCUT2D eigenvalue weighted by Crippen LogP contribution is 2.08. The lowest BCUT2D eigenvalue weighted by Crippen LogP contribution is -1.77. The zero-order chi connectivity index (χ0) is 7.40. The lowest BCUT2D eigenvalue weighted by atomic mass is 10.2. The van der Waals surface area contributed by atoms with Crippen molar-refractivity contribution >= 4 is 22.0 Å². The summed E-state index contributed by atoms with van der Waals surface area (Å²) in [6, 6.07) is 6.61. The van der Waals surface area contributed by atoms with Crippen LogP contribution in [0.15, 0.2) is 29.3 Å². The molecule has 0 heterocycles. The molecule has 10 heavy (non-hydrogen) atoms. The third kappa shape index (κ3) is 1.67. The first-order valence-electron chi connectivity index (χ1n) is 2.86. The Kier molecular flexibility index (Phi) is 2.63. The summed E-state index contributed by atoms with van der Waals surface area (Å²) in [7, 11) is 0. The lowest BCUT2D eigenvalue weighted by molar-refractivity contribution is 0.625. The third-order valence-electron chi connectivity index (χ3n) is 1.15. The van der Waals surface area contributed by atoms with Crippen LogP contribution in [0.1, 0.15) is 5.56 Å². The number of benzene rings is 1. The summed E-state index contributed by atoms with van der Waals surface area (Å²) < 4.78 is 12.7. The summed E-state index contributed by atoms with van der Waals surface area (Å²) in [6.07, 6.45) is 1.66. The summed E-state index contributed by atoms with van der Waals surface area (Å²) >= 11 is 3.07. The van der Waals surface area contributed by atoms with E-state index >= 15 is 0 Å². The Labute approximate surface area is 67.5 Å². The van der Waals surface area contributed by atoms with Crippen molar-refractivity contribution < 1.29 is 4.39 Å². The van der Waals surface area contributed by atoms with Crippen molar-refractivity contribution in [2.45, 2.75) is 0 Å². The molecule has 0 aliphatic carbocycles. The van der Waals surface area contributed by atoms with Gasteiger partial charge in [0.05, 0.1) is 0 Å². The first-order valence-corrected chi connectivity index (χ1v) is 3.77. The van der Waals surface area contributed by atoms with Gasteiger partial charge in [-0.25, -0.2) is 4.39 Å². The van der Waals surface area contributed by atoms with E-state index < -0.39 is 0 Å². The van der Waals surface area contributed by atoms with Gasteiger partial charge in [-0.1, -0.05) is 34.1 Å². The Morgan fingerprint density at radius 2 is 2.00 bits per heavy atom. The van der Waals surface area contributed by atoms with Gasteiger partial charge in [-0.3, -0.25) is 0 Å². The van der Waals surface area contributed by atoms with E-state index in [1.807, 2.05) is 0 Å². The van der Waals surface area contributed by atoms with Gasteiger partial charge in [-0.15, -0.1) is 0 Å². The van der Waals surface area contributed by atoms with Crippen LogP contribution in [-0.2, 0) is 0 Å². The molecule has 0 N–H and O–H groups in total. The van der Waals surface area contributed by atoms with Gasteiger partial charge in [-0.2, -0.15) is 0 Å². The van der Waals surface area contributed by atoms with Crippen molar-refractivity contribution in [2.24, 2.45) is 0 Å². The highest BCUT2D eigenvalue weighted by Gasteiger charge is 1.92. The largest absolute Gasteiger partial charge is 0.206 e. The molecule has 1 aromatic rings. The zero-order valence-corrected chi connectivity index (χ0v) is 6.81. The maximum absolute atomic E-state index is 12.7. The van der Waals surface area contributed by atoms with Gasteiger partial charge in [-0.05, 0) is 17.1 Å². The molecule has 0 fully saturated rings. The smallest absolute Gasteiger partial charge is 0.130 e. The first-order chi connectivity index (χ1) is 4.84. The van der Waals surface area contributed by atoms with Crippen molar-refractivity contribution in [3.8, 4) is 0 Å². The molecule has 0 atom stereocenters. The zero-order valence-electron chi connectivity index (χ0n) is 5.22. The lowest BCUT2D eigenvalue weighted by Gasteiger charge is -1.92. The molecule has 0 saturated carbocycles. The molecule has 0 aliphatic heterocycles. The maximum Gasteiger partial charge on any atom is 0.130 e. The van der Waals surface area contributed by atoms with E-state index in [0.29, 0.717) is 5.56 Å². The molecule has 0 spiro atoms. The van der Waals surface area contributed by atoms with Crippen LogP contribution in [0.4, 0.5) is 4.39 Å². The number of rotatable bonds is 1. The van der Waals surface area contributed by atoms with E-state index in [1.54, 1.807) is 29.3 Å². The van der Waals surface area contributed by atoms with Crippen molar-refractivity contribution in [3.05, 3.63) is 40.6 Å². The molecule has 52 valence electrons. The van der Waals surface area contributed by atoms with Crippen LogP contribution in [0, 0.1) is 5.82 Å². The second-order valence-electron chi connectivity index (χ2n) is 1.81. The Morgan fingerprint density at radius 1 is 1.30 bits per heavy atom. The van der Waals surface area contributed by atoms with E-state index in [0.717, 1.165) is 0 Å². The third-order valence-corrected chi connectivity index (χ3v) is 1.41. The molecule has 0 unspecified atom stereocenters. The minimum atomic E-state index is -0.196. The molecule has 0 nitrogen and oxygen atoms in total. The Balaban J connectivity index is 3.03. The molecule has 0 radical (unpaired) electrons.